The molecule has 1 aliphatic carbocycles. The third-order valence-corrected chi connectivity index (χ3v) is 6.83. The molecule has 0 aromatic carbocycles. The van der Waals surface area contributed by atoms with E-state index in [0.717, 1.165) is 18.5 Å². The Morgan fingerprint density at radius 1 is 0.923 bits per heavy atom. The van der Waals surface area contributed by atoms with Crippen molar-refractivity contribution in [3.05, 3.63) is 0 Å². The third kappa shape index (κ3) is 5.02. The van der Waals surface area contributed by atoms with Gasteiger partial charge in [0.2, 0.25) is 0 Å². The van der Waals surface area contributed by atoms with Crippen LogP contribution in [0.4, 0.5) is 0 Å². The number of nitrogens with one attached hydrogen (secondary N) is 2. The molecule has 4 saturated heterocycles. The van der Waals surface area contributed by atoms with E-state index in [1.165, 1.54) is 84.3 Å². The summed E-state index contributed by atoms with van der Waals surface area (Å²) in [6.07, 6.45) is 8.23. The van der Waals surface area contributed by atoms with Crippen LogP contribution in [0.1, 0.15) is 38.5 Å². The molecule has 150 valence electrons. The van der Waals surface area contributed by atoms with Crippen molar-refractivity contribution >= 4 is 29.9 Å². The summed E-state index contributed by atoms with van der Waals surface area (Å²) in [7, 11) is 1.90. The highest BCUT2D eigenvalue weighted by atomic mass is 127. The molecule has 0 spiro atoms. The molecular formula is C19H37IN6. The molecule has 1 atom stereocenters. The monoisotopic (exact) mass is 476 g/mol. The van der Waals surface area contributed by atoms with Crippen molar-refractivity contribution in [2.24, 2.45) is 4.99 Å². The van der Waals surface area contributed by atoms with Crippen molar-refractivity contribution in [1.29, 1.82) is 0 Å². The molecule has 2 bridgehead atoms. The van der Waals surface area contributed by atoms with Gasteiger partial charge in [0.1, 0.15) is 0 Å². The minimum absolute atomic E-state index is 0. The largest absolute Gasteiger partial charge is 0.355 e. The first-order chi connectivity index (χ1) is 12.3. The van der Waals surface area contributed by atoms with E-state index >= 15 is 0 Å². The Labute approximate surface area is 176 Å². The Balaban J connectivity index is 0.00000196. The number of fused-ring (bicyclic) bond motifs is 3. The standard InChI is InChI=1S/C19H36N6.HI/c1-20-19(21-14-18-15-23-10-12-25(18)13-11-23)22-16-6-8-24(9-7-16)17-4-2-3-5-17;/h16-18H,2-15H2,1H3,(H2,20,21,22);1H. The van der Waals surface area contributed by atoms with Crippen molar-refractivity contribution in [3.63, 3.8) is 0 Å². The quantitative estimate of drug-likeness (QED) is 0.363. The molecule has 26 heavy (non-hydrogen) atoms. The minimum Gasteiger partial charge on any atom is -0.355 e. The summed E-state index contributed by atoms with van der Waals surface area (Å²) in [5.41, 5.74) is 0. The second-order valence-electron chi connectivity index (χ2n) is 8.34. The number of aliphatic imine (C=N–C) groups is 1. The number of hydrogen-bond acceptors (Lipinski definition) is 4. The highest BCUT2D eigenvalue weighted by Gasteiger charge is 2.32. The first-order valence-corrected chi connectivity index (χ1v) is 10.5. The molecule has 5 aliphatic rings. The summed E-state index contributed by atoms with van der Waals surface area (Å²) in [6, 6.07) is 2.10. The van der Waals surface area contributed by atoms with Crippen LogP contribution in [-0.2, 0) is 0 Å². The summed E-state index contributed by atoms with van der Waals surface area (Å²) in [5.74, 6) is 0.997. The van der Waals surface area contributed by atoms with Gasteiger partial charge in [0.05, 0.1) is 0 Å². The smallest absolute Gasteiger partial charge is 0.191 e. The van der Waals surface area contributed by atoms with Crippen LogP contribution in [0, 0.1) is 0 Å². The van der Waals surface area contributed by atoms with Gasteiger partial charge < -0.3 is 15.5 Å². The fourth-order valence-electron chi connectivity index (χ4n) is 5.20. The first-order valence-electron chi connectivity index (χ1n) is 10.5. The topological polar surface area (TPSA) is 46.1 Å². The molecular weight excluding hydrogens is 439 g/mol. The van der Waals surface area contributed by atoms with Gasteiger partial charge in [-0.15, -0.1) is 24.0 Å². The predicted octanol–water partition coefficient (Wildman–Crippen LogP) is 1.18. The number of nitrogens with zero attached hydrogens (tertiary/aromatic N) is 4. The Morgan fingerprint density at radius 2 is 1.62 bits per heavy atom. The molecule has 0 aromatic heterocycles. The predicted molar refractivity (Wildman–Crippen MR) is 119 cm³/mol. The molecule has 0 radical (unpaired) electrons. The normalized spacial score (nSPS) is 33.9. The van der Waals surface area contributed by atoms with Gasteiger partial charge in [-0.05, 0) is 25.7 Å². The Bertz CT molecular complexity index is 451. The first kappa shape index (κ1) is 20.6. The number of piperidine rings is 1. The van der Waals surface area contributed by atoms with Gasteiger partial charge in [-0.25, -0.2) is 0 Å². The number of rotatable bonds is 4. The van der Waals surface area contributed by atoms with E-state index in [2.05, 4.69) is 30.3 Å². The van der Waals surface area contributed by atoms with Gasteiger partial charge in [-0.2, -0.15) is 0 Å². The average Bonchev–Trinajstić information content (AvgIpc) is 3.21. The number of hydrogen-bond donors (Lipinski definition) is 2. The van der Waals surface area contributed by atoms with Crippen molar-refractivity contribution in [2.45, 2.75) is 56.7 Å². The Morgan fingerprint density at radius 3 is 2.19 bits per heavy atom. The second-order valence-corrected chi connectivity index (χ2v) is 8.34. The van der Waals surface area contributed by atoms with E-state index < -0.39 is 0 Å². The Hall–Kier alpha value is -0.120. The lowest BCUT2D eigenvalue weighted by Crippen LogP contribution is -2.64. The van der Waals surface area contributed by atoms with E-state index in [9.17, 15) is 0 Å². The SMILES string of the molecule is CN=C(NCC1CN2CCN1CC2)NC1CCN(C2CCCC2)CC1.I. The number of piperazine rings is 3. The summed E-state index contributed by atoms with van der Waals surface area (Å²) in [4.78, 5) is 12.4. The van der Waals surface area contributed by atoms with E-state index in [1.807, 2.05) is 7.05 Å². The highest BCUT2D eigenvalue weighted by Crippen LogP contribution is 2.26. The summed E-state index contributed by atoms with van der Waals surface area (Å²) in [5, 5.41) is 7.28. The van der Waals surface area contributed by atoms with Gasteiger partial charge in [0.25, 0.3) is 0 Å². The summed E-state index contributed by atoms with van der Waals surface area (Å²) in [6.45, 7) is 9.71. The van der Waals surface area contributed by atoms with Crippen LogP contribution in [0.5, 0.6) is 0 Å². The number of halogens is 1. The molecule has 2 N–H and O–H groups in total. The van der Waals surface area contributed by atoms with Gasteiger partial charge in [-0.1, -0.05) is 12.8 Å². The van der Waals surface area contributed by atoms with Crippen LogP contribution in [0.2, 0.25) is 0 Å². The van der Waals surface area contributed by atoms with Crippen molar-refractivity contribution < 1.29 is 0 Å². The molecule has 7 heteroatoms. The second kappa shape index (κ2) is 9.89. The lowest BCUT2D eigenvalue weighted by Gasteiger charge is -2.47. The lowest BCUT2D eigenvalue weighted by atomic mass is 10.0. The van der Waals surface area contributed by atoms with E-state index in [0.29, 0.717) is 12.1 Å². The van der Waals surface area contributed by atoms with Gasteiger partial charge in [0, 0.05) is 77.5 Å². The number of guanidine groups is 1. The zero-order chi connectivity index (χ0) is 17.1. The van der Waals surface area contributed by atoms with Crippen molar-refractivity contribution in [3.8, 4) is 0 Å². The maximum Gasteiger partial charge on any atom is 0.191 e. The van der Waals surface area contributed by atoms with Crippen LogP contribution >= 0.6 is 24.0 Å². The zero-order valence-corrected chi connectivity index (χ0v) is 18.7. The maximum absolute atomic E-state index is 4.47. The van der Waals surface area contributed by atoms with Crippen molar-refractivity contribution in [1.82, 2.24) is 25.3 Å². The van der Waals surface area contributed by atoms with Gasteiger partial charge in [0.15, 0.2) is 5.96 Å². The molecule has 4 aliphatic heterocycles. The maximum atomic E-state index is 4.47. The molecule has 0 amide bonds. The lowest BCUT2D eigenvalue weighted by molar-refractivity contribution is 0.0154. The molecule has 5 rings (SSSR count). The van der Waals surface area contributed by atoms with E-state index in [4.69, 9.17) is 0 Å². The molecule has 1 unspecified atom stereocenters. The molecule has 4 heterocycles. The number of likely N-dealkylation sites (tertiary alicyclic amines) is 1. The van der Waals surface area contributed by atoms with Gasteiger partial charge >= 0.3 is 0 Å². The fourth-order valence-corrected chi connectivity index (χ4v) is 5.20. The fraction of sp³-hybridized carbons (Fsp3) is 0.947. The zero-order valence-electron chi connectivity index (χ0n) is 16.3. The third-order valence-electron chi connectivity index (χ3n) is 6.83. The van der Waals surface area contributed by atoms with Crippen LogP contribution in [0.3, 0.4) is 0 Å². The summed E-state index contributed by atoms with van der Waals surface area (Å²) < 4.78 is 0. The van der Waals surface area contributed by atoms with Crippen LogP contribution in [0.15, 0.2) is 4.99 Å². The summed E-state index contributed by atoms with van der Waals surface area (Å²) >= 11 is 0. The van der Waals surface area contributed by atoms with Crippen LogP contribution in [0.25, 0.3) is 0 Å². The Kier molecular flexibility index (Phi) is 7.84. The van der Waals surface area contributed by atoms with Gasteiger partial charge in [-0.3, -0.25) is 14.8 Å². The van der Waals surface area contributed by atoms with E-state index in [1.54, 1.807) is 0 Å². The molecule has 6 nitrogen and oxygen atoms in total. The van der Waals surface area contributed by atoms with Crippen molar-refractivity contribution in [2.75, 3.05) is 59.4 Å². The average molecular weight is 476 g/mol. The highest BCUT2D eigenvalue weighted by molar-refractivity contribution is 14.0. The van der Waals surface area contributed by atoms with E-state index in [-0.39, 0.29) is 24.0 Å². The minimum atomic E-state index is 0. The molecule has 0 aromatic rings. The molecule has 5 fully saturated rings. The van der Waals surface area contributed by atoms with Crippen LogP contribution < -0.4 is 10.6 Å². The van der Waals surface area contributed by atoms with Crippen LogP contribution in [-0.4, -0.2) is 98.2 Å². The molecule has 1 saturated carbocycles.